The maximum atomic E-state index is 12.9. The molecular weight excluding hydrogens is 398 g/mol. The summed E-state index contributed by atoms with van der Waals surface area (Å²) >= 11 is 0. The zero-order valence-electron chi connectivity index (χ0n) is 19.0. The number of carbonyl (C=O) groups excluding carboxylic acids is 3. The fourth-order valence-electron chi connectivity index (χ4n) is 3.76. The third kappa shape index (κ3) is 7.54. The minimum atomic E-state index is -0.614. The van der Waals surface area contributed by atoms with Crippen molar-refractivity contribution in [2.45, 2.75) is 39.2 Å². The molecule has 1 fully saturated rings. The quantitative estimate of drug-likeness (QED) is 0.549. The van der Waals surface area contributed by atoms with Crippen molar-refractivity contribution in [3.8, 4) is 5.75 Å². The van der Waals surface area contributed by atoms with Crippen molar-refractivity contribution < 1.29 is 23.9 Å². The van der Waals surface area contributed by atoms with Gasteiger partial charge in [0.05, 0.1) is 13.7 Å². The van der Waals surface area contributed by atoms with Crippen LogP contribution in [0.25, 0.3) is 0 Å². The molecule has 1 heterocycles. The first-order chi connectivity index (χ1) is 14.8. The molecule has 3 amide bonds. The SMILES string of the molecule is COCCNC(=O)[C@@H](NC(=O)CC(C)C)C1CCN(C(=O)c2cccc(OC)c2)CC1. The Kier molecular flexibility index (Phi) is 9.78. The number of methoxy groups -OCH3 is 2. The summed E-state index contributed by atoms with van der Waals surface area (Å²) in [6.45, 7) is 5.79. The van der Waals surface area contributed by atoms with Crippen LogP contribution in [0.3, 0.4) is 0 Å². The van der Waals surface area contributed by atoms with E-state index < -0.39 is 6.04 Å². The molecule has 0 aliphatic carbocycles. The smallest absolute Gasteiger partial charge is 0.253 e. The number of benzene rings is 1. The number of carbonyl (C=O) groups is 3. The van der Waals surface area contributed by atoms with Crippen LogP contribution in [-0.2, 0) is 14.3 Å². The monoisotopic (exact) mass is 433 g/mol. The molecule has 1 aromatic rings. The van der Waals surface area contributed by atoms with Crippen LogP contribution in [0.5, 0.6) is 5.75 Å². The standard InChI is InChI=1S/C23H35N3O5/c1-16(2)14-20(27)25-21(22(28)24-10-13-30-3)17-8-11-26(12-9-17)23(29)18-6-5-7-19(15-18)31-4/h5-7,15-17,21H,8-14H2,1-4H3,(H,24,28)(H,25,27)/t21-/m0/s1. The molecule has 0 spiro atoms. The van der Waals surface area contributed by atoms with Crippen LogP contribution in [0.2, 0.25) is 0 Å². The Hall–Kier alpha value is -2.61. The maximum absolute atomic E-state index is 12.9. The van der Waals surface area contributed by atoms with Gasteiger partial charge < -0.3 is 25.0 Å². The second-order valence-electron chi connectivity index (χ2n) is 8.29. The first-order valence-electron chi connectivity index (χ1n) is 10.8. The summed E-state index contributed by atoms with van der Waals surface area (Å²) in [5.74, 6) is 0.430. The summed E-state index contributed by atoms with van der Waals surface area (Å²) in [4.78, 5) is 39.8. The van der Waals surface area contributed by atoms with E-state index in [0.29, 0.717) is 56.8 Å². The van der Waals surface area contributed by atoms with Crippen LogP contribution in [0.4, 0.5) is 0 Å². The lowest BCUT2D eigenvalue weighted by atomic mass is 9.88. The van der Waals surface area contributed by atoms with Crippen LogP contribution in [0, 0.1) is 11.8 Å². The van der Waals surface area contributed by atoms with Gasteiger partial charge in [0.1, 0.15) is 11.8 Å². The number of amides is 3. The minimum absolute atomic E-state index is 0.0342. The molecule has 1 aliphatic heterocycles. The molecule has 1 aliphatic rings. The molecule has 2 rings (SSSR count). The number of piperidine rings is 1. The topological polar surface area (TPSA) is 97.0 Å². The van der Waals surface area contributed by atoms with E-state index in [1.165, 1.54) is 0 Å². The second-order valence-corrected chi connectivity index (χ2v) is 8.29. The highest BCUT2D eigenvalue weighted by molar-refractivity contribution is 5.94. The average molecular weight is 434 g/mol. The predicted octanol–water partition coefficient (Wildman–Crippen LogP) is 1.84. The molecule has 2 N–H and O–H groups in total. The molecule has 1 saturated heterocycles. The Morgan fingerprint density at radius 3 is 2.48 bits per heavy atom. The van der Waals surface area contributed by atoms with Gasteiger partial charge in [-0.05, 0) is 42.9 Å². The van der Waals surface area contributed by atoms with Crippen LogP contribution in [0.1, 0.15) is 43.5 Å². The Bertz CT molecular complexity index is 744. The Balaban J connectivity index is 2.01. The first kappa shape index (κ1) is 24.7. The van der Waals surface area contributed by atoms with E-state index in [2.05, 4.69) is 10.6 Å². The Morgan fingerprint density at radius 2 is 1.87 bits per heavy atom. The molecule has 8 nitrogen and oxygen atoms in total. The molecule has 0 bridgehead atoms. The minimum Gasteiger partial charge on any atom is -0.497 e. The van der Waals surface area contributed by atoms with Crippen LogP contribution in [-0.4, -0.2) is 69.1 Å². The molecule has 172 valence electrons. The van der Waals surface area contributed by atoms with E-state index >= 15 is 0 Å². The van der Waals surface area contributed by atoms with Gasteiger partial charge in [0, 0.05) is 38.7 Å². The van der Waals surface area contributed by atoms with E-state index in [1.807, 2.05) is 13.8 Å². The van der Waals surface area contributed by atoms with Gasteiger partial charge in [0.15, 0.2) is 0 Å². The molecule has 0 radical (unpaired) electrons. The fourth-order valence-corrected chi connectivity index (χ4v) is 3.76. The van der Waals surface area contributed by atoms with Gasteiger partial charge in [-0.1, -0.05) is 19.9 Å². The van der Waals surface area contributed by atoms with Crippen molar-refractivity contribution in [3.63, 3.8) is 0 Å². The lowest BCUT2D eigenvalue weighted by Gasteiger charge is -2.36. The number of nitrogens with one attached hydrogen (secondary N) is 2. The fraction of sp³-hybridized carbons (Fsp3) is 0.609. The van der Waals surface area contributed by atoms with Gasteiger partial charge in [-0.15, -0.1) is 0 Å². The van der Waals surface area contributed by atoms with Gasteiger partial charge in [-0.3, -0.25) is 14.4 Å². The van der Waals surface area contributed by atoms with Gasteiger partial charge in [-0.2, -0.15) is 0 Å². The molecule has 1 aromatic carbocycles. The largest absolute Gasteiger partial charge is 0.497 e. The van der Waals surface area contributed by atoms with Gasteiger partial charge in [-0.25, -0.2) is 0 Å². The van der Waals surface area contributed by atoms with E-state index in [-0.39, 0.29) is 29.6 Å². The van der Waals surface area contributed by atoms with Gasteiger partial charge in [0.2, 0.25) is 11.8 Å². The highest BCUT2D eigenvalue weighted by Crippen LogP contribution is 2.24. The molecular formula is C23H35N3O5. The van der Waals surface area contributed by atoms with Crippen LogP contribution in [0.15, 0.2) is 24.3 Å². The molecule has 31 heavy (non-hydrogen) atoms. The summed E-state index contributed by atoms with van der Waals surface area (Å²) < 4.78 is 10.2. The molecule has 8 heteroatoms. The summed E-state index contributed by atoms with van der Waals surface area (Å²) in [6.07, 6.45) is 1.65. The lowest BCUT2D eigenvalue weighted by molar-refractivity contribution is -0.131. The predicted molar refractivity (Wildman–Crippen MR) is 118 cm³/mol. The van der Waals surface area contributed by atoms with Gasteiger partial charge >= 0.3 is 0 Å². The van der Waals surface area contributed by atoms with E-state index in [9.17, 15) is 14.4 Å². The average Bonchev–Trinajstić information content (AvgIpc) is 2.76. The van der Waals surface area contributed by atoms with E-state index in [4.69, 9.17) is 9.47 Å². The summed E-state index contributed by atoms with van der Waals surface area (Å²) in [5.41, 5.74) is 0.580. The first-order valence-corrected chi connectivity index (χ1v) is 10.8. The summed E-state index contributed by atoms with van der Waals surface area (Å²) in [7, 11) is 3.14. The molecule has 0 saturated carbocycles. The highest BCUT2D eigenvalue weighted by atomic mass is 16.5. The molecule has 0 aromatic heterocycles. The Morgan fingerprint density at radius 1 is 1.16 bits per heavy atom. The normalized spacial score (nSPS) is 15.5. The van der Waals surface area contributed by atoms with E-state index in [1.54, 1.807) is 43.4 Å². The van der Waals surface area contributed by atoms with E-state index in [0.717, 1.165) is 0 Å². The number of nitrogens with zero attached hydrogens (tertiary/aromatic N) is 1. The second kappa shape index (κ2) is 12.3. The van der Waals surface area contributed by atoms with Crippen LogP contribution < -0.4 is 15.4 Å². The zero-order valence-corrected chi connectivity index (χ0v) is 19.0. The van der Waals surface area contributed by atoms with Crippen molar-refractivity contribution in [3.05, 3.63) is 29.8 Å². The highest BCUT2D eigenvalue weighted by Gasteiger charge is 2.34. The number of rotatable bonds is 10. The number of hydrogen-bond donors (Lipinski definition) is 2. The third-order valence-corrected chi connectivity index (χ3v) is 5.41. The maximum Gasteiger partial charge on any atom is 0.253 e. The Labute approximate surface area is 184 Å². The van der Waals surface area contributed by atoms with Crippen molar-refractivity contribution >= 4 is 17.7 Å². The lowest BCUT2D eigenvalue weighted by Crippen LogP contribution is -2.54. The number of ether oxygens (including phenoxy) is 2. The van der Waals surface area contributed by atoms with Crippen molar-refractivity contribution in [1.82, 2.24) is 15.5 Å². The number of hydrogen-bond acceptors (Lipinski definition) is 5. The van der Waals surface area contributed by atoms with Crippen LogP contribution >= 0.6 is 0 Å². The van der Waals surface area contributed by atoms with Crippen molar-refractivity contribution in [2.24, 2.45) is 11.8 Å². The molecule has 0 unspecified atom stereocenters. The van der Waals surface area contributed by atoms with Crippen molar-refractivity contribution in [2.75, 3.05) is 40.5 Å². The van der Waals surface area contributed by atoms with Gasteiger partial charge in [0.25, 0.3) is 5.91 Å². The third-order valence-electron chi connectivity index (χ3n) is 5.41. The zero-order chi connectivity index (χ0) is 22.8. The summed E-state index contributed by atoms with van der Waals surface area (Å²) in [6, 6.07) is 6.48. The van der Waals surface area contributed by atoms with Crippen molar-refractivity contribution in [1.29, 1.82) is 0 Å². The molecule has 1 atom stereocenters. The number of likely N-dealkylation sites (tertiary alicyclic amines) is 1. The summed E-state index contributed by atoms with van der Waals surface area (Å²) in [5, 5.41) is 5.76.